The Labute approximate surface area is 133 Å². The Kier molecular flexibility index (Phi) is 4.24. The maximum absolute atomic E-state index is 12.9. The SMILES string of the molecule is COc1ccc(C(=O)NCc2ccc(F)cc2)c2ccccc12. The Balaban J connectivity index is 1.85. The van der Waals surface area contributed by atoms with Gasteiger partial charge in [-0.25, -0.2) is 4.39 Å². The number of hydrogen-bond donors (Lipinski definition) is 1. The summed E-state index contributed by atoms with van der Waals surface area (Å²) in [5.41, 5.74) is 1.43. The van der Waals surface area contributed by atoms with Crippen molar-refractivity contribution < 1.29 is 13.9 Å². The van der Waals surface area contributed by atoms with Gasteiger partial charge in [-0.15, -0.1) is 0 Å². The van der Waals surface area contributed by atoms with Crippen molar-refractivity contribution in [1.29, 1.82) is 0 Å². The van der Waals surface area contributed by atoms with Crippen LogP contribution in [0.25, 0.3) is 10.8 Å². The average molecular weight is 309 g/mol. The van der Waals surface area contributed by atoms with E-state index in [1.165, 1.54) is 12.1 Å². The number of ether oxygens (including phenoxy) is 1. The Hall–Kier alpha value is -2.88. The summed E-state index contributed by atoms with van der Waals surface area (Å²) in [6.07, 6.45) is 0. The minimum absolute atomic E-state index is 0.173. The van der Waals surface area contributed by atoms with Crippen LogP contribution in [0.4, 0.5) is 4.39 Å². The molecule has 1 amide bonds. The predicted octanol–water partition coefficient (Wildman–Crippen LogP) is 3.92. The van der Waals surface area contributed by atoms with Crippen LogP contribution in [0, 0.1) is 5.82 Å². The third-order valence-electron chi connectivity index (χ3n) is 3.71. The monoisotopic (exact) mass is 309 g/mol. The molecule has 3 aromatic rings. The Morgan fingerprint density at radius 1 is 1.00 bits per heavy atom. The summed E-state index contributed by atoms with van der Waals surface area (Å²) in [5.74, 6) is 0.269. The lowest BCUT2D eigenvalue weighted by molar-refractivity contribution is 0.0952. The number of hydrogen-bond acceptors (Lipinski definition) is 2. The zero-order chi connectivity index (χ0) is 16.2. The molecule has 0 saturated heterocycles. The van der Waals surface area contributed by atoms with E-state index in [1.807, 2.05) is 24.3 Å². The molecule has 0 atom stereocenters. The number of amides is 1. The number of nitrogens with one attached hydrogen (secondary N) is 1. The highest BCUT2D eigenvalue weighted by atomic mass is 19.1. The molecule has 3 aromatic carbocycles. The Morgan fingerprint density at radius 2 is 1.70 bits per heavy atom. The van der Waals surface area contributed by atoms with Gasteiger partial charge in [0, 0.05) is 17.5 Å². The zero-order valence-corrected chi connectivity index (χ0v) is 12.7. The van der Waals surface area contributed by atoms with E-state index in [1.54, 1.807) is 31.4 Å². The summed E-state index contributed by atoms with van der Waals surface area (Å²) in [7, 11) is 1.61. The smallest absolute Gasteiger partial charge is 0.252 e. The molecule has 3 nitrogen and oxygen atoms in total. The molecule has 116 valence electrons. The largest absolute Gasteiger partial charge is 0.496 e. The first-order valence-corrected chi connectivity index (χ1v) is 7.27. The zero-order valence-electron chi connectivity index (χ0n) is 12.7. The molecule has 1 N–H and O–H groups in total. The molecule has 0 unspecified atom stereocenters. The average Bonchev–Trinajstić information content (AvgIpc) is 2.60. The van der Waals surface area contributed by atoms with Gasteiger partial charge in [-0.2, -0.15) is 0 Å². The maximum Gasteiger partial charge on any atom is 0.252 e. The van der Waals surface area contributed by atoms with E-state index in [0.717, 1.165) is 22.1 Å². The third-order valence-corrected chi connectivity index (χ3v) is 3.71. The van der Waals surface area contributed by atoms with Gasteiger partial charge in [0.15, 0.2) is 0 Å². The third kappa shape index (κ3) is 3.16. The second-order valence-corrected chi connectivity index (χ2v) is 5.17. The van der Waals surface area contributed by atoms with E-state index < -0.39 is 0 Å². The van der Waals surface area contributed by atoms with Crippen molar-refractivity contribution in [3.05, 3.63) is 77.6 Å². The fraction of sp³-hybridized carbons (Fsp3) is 0.105. The van der Waals surface area contributed by atoms with Gasteiger partial charge in [-0.3, -0.25) is 4.79 Å². The van der Waals surface area contributed by atoms with Gasteiger partial charge in [0.25, 0.3) is 5.91 Å². The van der Waals surface area contributed by atoms with E-state index >= 15 is 0 Å². The van der Waals surface area contributed by atoms with E-state index in [9.17, 15) is 9.18 Å². The lowest BCUT2D eigenvalue weighted by Gasteiger charge is -2.11. The van der Waals surface area contributed by atoms with Gasteiger partial charge in [-0.05, 0) is 35.2 Å². The van der Waals surface area contributed by atoms with Crippen LogP contribution in [0.1, 0.15) is 15.9 Å². The maximum atomic E-state index is 12.9. The van der Waals surface area contributed by atoms with Gasteiger partial charge in [0.2, 0.25) is 0 Å². The number of fused-ring (bicyclic) bond motifs is 1. The summed E-state index contributed by atoms with van der Waals surface area (Å²) in [5, 5.41) is 4.59. The molecule has 0 heterocycles. The second kappa shape index (κ2) is 6.48. The van der Waals surface area contributed by atoms with Gasteiger partial charge in [-0.1, -0.05) is 36.4 Å². The molecule has 0 aromatic heterocycles. The lowest BCUT2D eigenvalue weighted by atomic mass is 10.0. The van der Waals surface area contributed by atoms with E-state index in [4.69, 9.17) is 4.74 Å². The molecule has 0 saturated carbocycles. The summed E-state index contributed by atoms with van der Waals surface area (Å²) >= 11 is 0. The molecule has 0 fully saturated rings. The van der Waals surface area contributed by atoms with Crippen LogP contribution < -0.4 is 10.1 Å². The van der Waals surface area contributed by atoms with Crippen LogP contribution in [-0.2, 0) is 6.54 Å². The van der Waals surface area contributed by atoms with Crippen molar-refractivity contribution >= 4 is 16.7 Å². The van der Waals surface area contributed by atoms with Crippen LogP contribution in [0.2, 0.25) is 0 Å². The molecular formula is C19H16FNO2. The van der Waals surface area contributed by atoms with Crippen molar-refractivity contribution in [3.8, 4) is 5.75 Å². The highest BCUT2D eigenvalue weighted by molar-refractivity contribution is 6.08. The van der Waals surface area contributed by atoms with Gasteiger partial charge < -0.3 is 10.1 Å². The number of carbonyl (C=O) groups excluding carboxylic acids is 1. The Morgan fingerprint density at radius 3 is 2.39 bits per heavy atom. The van der Waals surface area contributed by atoms with Crippen molar-refractivity contribution in [1.82, 2.24) is 5.32 Å². The fourth-order valence-corrected chi connectivity index (χ4v) is 2.53. The van der Waals surface area contributed by atoms with Crippen LogP contribution in [0.3, 0.4) is 0 Å². The van der Waals surface area contributed by atoms with Crippen LogP contribution in [0.5, 0.6) is 5.75 Å². The minimum atomic E-state index is -0.291. The quantitative estimate of drug-likeness (QED) is 0.793. The number of halogens is 1. The number of benzene rings is 3. The van der Waals surface area contributed by atoms with E-state index in [2.05, 4.69) is 5.32 Å². The van der Waals surface area contributed by atoms with E-state index in [0.29, 0.717) is 12.1 Å². The first-order valence-electron chi connectivity index (χ1n) is 7.27. The normalized spacial score (nSPS) is 10.5. The molecule has 4 heteroatoms. The lowest BCUT2D eigenvalue weighted by Crippen LogP contribution is -2.23. The minimum Gasteiger partial charge on any atom is -0.496 e. The molecule has 23 heavy (non-hydrogen) atoms. The first kappa shape index (κ1) is 15.0. The highest BCUT2D eigenvalue weighted by Crippen LogP contribution is 2.28. The molecular weight excluding hydrogens is 293 g/mol. The first-order chi connectivity index (χ1) is 11.2. The van der Waals surface area contributed by atoms with Crippen molar-refractivity contribution in [2.75, 3.05) is 7.11 Å². The molecule has 0 aliphatic heterocycles. The summed E-state index contributed by atoms with van der Waals surface area (Å²) in [6.45, 7) is 0.347. The second-order valence-electron chi connectivity index (χ2n) is 5.17. The van der Waals surface area contributed by atoms with Gasteiger partial charge >= 0.3 is 0 Å². The summed E-state index contributed by atoms with van der Waals surface area (Å²) < 4.78 is 18.2. The Bertz CT molecular complexity index is 844. The van der Waals surface area contributed by atoms with Crippen LogP contribution in [0.15, 0.2) is 60.7 Å². The molecule has 3 rings (SSSR count). The van der Waals surface area contributed by atoms with Crippen molar-refractivity contribution in [2.45, 2.75) is 6.54 Å². The van der Waals surface area contributed by atoms with Gasteiger partial charge in [0.1, 0.15) is 11.6 Å². The number of methoxy groups -OCH3 is 1. The van der Waals surface area contributed by atoms with Crippen LogP contribution >= 0.6 is 0 Å². The molecule has 0 bridgehead atoms. The molecule has 0 spiro atoms. The van der Waals surface area contributed by atoms with Crippen molar-refractivity contribution in [3.63, 3.8) is 0 Å². The summed E-state index contributed by atoms with van der Waals surface area (Å²) in [6, 6.07) is 17.2. The molecule has 0 aliphatic rings. The topological polar surface area (TPSA) is 38.3 Å². The molecule has 0 radical (unpaired) electrons. The van der Waals surface area contributed by atoms with E-state index in [-0.39, 0.29) is 11.7 Å². The number of rotatable bonds is 4. The summed E-state index contributed by atoms with van der Waals surface area (Å²) in [4.78, 5) is 12.5. The molecule has 0 aliphatic carbocycles. The van der Waals surface area contributed by atoms with Gasteiger partial charge in [0.05, 0.1) is 7.11 Å². The van der Waals surface area contributed by atoms with Crippen LogP contribution in [-0.4, -0.2) is 13.0 Å². The predicted molar refractivity (Wildman–Crippen MR) is 88.1 cm³/mol. The van der Waals surface area contributed by atoms with Crippen molar-refractivity contribution in [2.24, 2.45) is 0 Å². The highest BCUT2D eigenvalue weighted by Gasteiger charge is 2.12. The standard InChI is InChI=1S/C19H16FNO2/c1-23-18-11-10-17(15-4-2-3-5-16(15)18)19(22)21-12-13-6-8-14(20)9-7-13/h2-11H,12H2,1H3,(H,21,22). The fourth-order valence-electron chi connectivity index (χ4n) is 2.53. The number of carbonyl (C=O) groups is 1.